The molecule has 0 aromatic heterocycles. The van der Waals surface area contributed by atoms with Crippen LogP contribution in [0.3, 0.4) is 0 Å². The number of aliphatic hydroxyl groups is 1. The number of carboxylic acids is 1. The van der Waals surface area contributed by atoms with E-state index in [9.17, 15) is 22.8 Å². The van der Waals surface area contributed by atoms with E-state index in [-0.39, 0.29) is 12.1 Å². The Labute approximate surface area is 117 Å². The van der Waals surface area contributed by atoms with Crippen LogP contribution in [0.4, 0.5) is 13.2 Å². The van der Waals surface area contributed by atoms with E-state index in [1.165, 1.54) is 19.2 Å². The summed E-state index contributed by atoms with van der Waals surface area (Å²) in [5.74, 6) is -3.65. The van der Waals surface area contributed by atoms with Crippen molar-refractivity contribution in [2.24, 2.45) is 0 Å². The molecule has 0 unspecified atom stereocenters. The Morgan fingerprint density at radius 3 is 2.43 bits per heavy atom. The van der Waals surface area contributed by atoms with Crippen molar-refractivity contribution in [1.82, 2.24) is 4.90 Å². The third kappa shape index (κ3) is 4.83. The van der Waals surface area contributed by atoms with E-state index in [1.807, 2.05) is 0 Å². The molecule has 0 heterocycles. The Morgan fingerprint density at radius 1 is 1.29 bits per heavy atom. The standard InChI is InChI=1S/C13H12F3NO4/c1-17(11(19)6-10(18)12(20)21)7-8-3-2-4-9(5-8)13(14,15)16/h2-6,18H,7H2,1H3,(H,20,21)/b10-6-. The molecule has 114 valence electrons. The van der Waals surface area contributed by atoms with Crippen molar-refractivity contribution in [2.75, 3.05) is 7.05 Å². The van der Waals surface area contributed by atoms with Crippen molar-refractivity contribution in [3.63, 3.8) is 0 Å². The van der Waals surface area contributed by atoms with Crippen molar-refractivity contribution in [3.8, 4) is 0 Å². The highest BCUT2D eigenvalue weighted by atomic mass is 19.4. The number of aliphatic carboxylic acids is 1. The predicted octanol–water partition coefficient (Wildman–Crippen LogP) is 2.19. The summed E-state index contributed by atoms with van der Waals surface area (Å²) < 4.78 is 37.6. The molecule has 0 aliphatic heterocycles. The van der Waals surface area contributed by atoms with E-state index in [0.29, 0.717) is 6.08 Å². The van der Waals surface area contributed by atoms with Crippen LogP contribution in [0.25, 0.3) is 0 Å². The van der Waals surface area contributed by atoms with E-state index in [4.69, 9.17) is 10.2 Å². The molecule has 1 amide bonds. The molecule has 5 nitrogen and oxygen atoms in total. The third-order valence-electron chi connectivity index (χ3n) is 2.53. The maximum Gasteiger partial charge on any atom is 0.416 e. The minimum atomic E-state index is -4.49. The molecule has 0 aliphatic carbocycles. The number of hydrogen-bond donors (Lipinski definition) is 2. The first-order chi connectivity index (χ1) is 9.61. The van der Waals surface area contributed by atoms with Crippen LogP contribution < -0.4 is 0 Å². The van der Waals surface area contributed by atoms with Crippen molar-refractivity contribution >= 4 is 11.9 Å². The van der Waals surface area contributed by atoms with Crippen molar-refractivity contribution in [1.29, 1.82) is 0 Å². The zero-order valence-corrected chi connectivity index (χ0v) is 10.9. The Morgan fingerprint density at radius 2 is 1.90 bits per heavy atom. The fourth-order valence-corrected chi connectivity index (χ4v) is 1.49. The van der Waals surface area contributed by atoms with Gasteiger partial charge in [-0.2, -0.15) is 13.2 Å². The minimum Gasteiger partial charge on any atom is -0.502 e. The fraction of sp³-hybridized carbons (Fsp3) is 0.231. The van der Waals surface area contributed by atoms with Gasteiger partial charge in [-0.1, -0.05) is 12.1 Å². The van der Waals surface area contributed by atoms with Gasteiger partial charge in [0, 0.05) is 13.6 Å². The number of carbonyl (C=O) groups excluding carboxylic acids is 1. The normalized spacial score (nSPS) is 12.1. The highest BCUT2D eigenvalue weighted by Gasteiger charge is 2.30. The predicted molar refractivity (Wildman–Crippen MR) is 66.3 cm³/mol. The molecule has 2 N–H and O–H groups in total. The second-order valence-electron chi connectivity index (χ2n) is 4.23. The van der Waals surface area contributed by atoms with E-state index < -0.39 is 29.4 Å². The maximum atomic E-state index is 12.5. The number of carboxylic acid groups (broad SMARTS) is 1. The van der Waals surface area contributed by atoms with Gasteiger partial charge >= 0.3 is 12.1 Å². The van der Waals surface area contributed by atoms with Gasteiger partial charge in [-0.3, -0.25) is 4.79 Å². The SMILES string of the molecule is CN(Cc1cccc(C(F)(F)F)c1)C(=O)/C=C(\O)C(=O)O. The number of halogens is 3. The van der Waals surface area contributed by atoms with Gasteiger partial charge in [-0.15, -0.1) is 0 Å². The van der Waals surface area contributed by atoms with Crippen LogP contribution in [-0.4, -0.2) is 34.0 Å². The summed E-state index contributed by atoms with van der Waals surface area (Å²) in [6.45, 7) is -0.161. The molecule has 0 saturated heterocycles. The molecule has 0 fully saturated rings. The van der Waals surface area contributed by atoms with Gasteiger partial charge in [0.2, 0.25) is 5.76 Å². The number of aliphatic hydroxyl groups excluding tert-OH is 1. The molecular formula is C13H12F3NO4. The lowest BCUT2D eigenvalue weighted by molar-refractivity contribution is -0.138. The van der Waals surface area contributed by atoms with Gasteiger partial charge in [0.25, 0.3) is 5.91 Å². The van der Waals surface area contributed by atoms with E-state index in [0.717, 1.165) is 17.0 Å². The summed E-state index contributed by atoms with van der Waals surface area (Å²) >= 11 is 0. The van der Waals surface area contributed by atoms with Gasteiger partial charge < -0.3 is 15.1 Å². The summed E-state index contributed by atoms with van der Waals surface area (Å²) in [6, 6.07) is 4.41. The molecule has 0 spiro atoms. The molecule has 1 rings (SSSR count). The zero-order valence-electron chi connectivity index (χ0n) is 10.9. The molecule has 21 heavy (non-hydrogen) atoms. The first-order valence-corrected chi connectivity index (χ1v) is 5.66. The molecule has 0 saturated carbocycles. The second-order valence-corrected chi connectivity index (χ2v) is 4.23. The molecular weight excluding hydrogens is 291 g/mol. The van der Waals surface area contributed by atoms with Gasteiger partial charge in [0.1, 0.15) is 0 Å². The topological polar surface area (TPSA) is 77.8 Å². The second kappa shape index (κ2) is 6.29. The molecule has 0 bridgehead atoms. The van der Waals surface area contributed by atoms with Crippen LogP contribution in [-0.2, 0) is 22.3 Å². The van der Waals surface area contributed by atoms with Crippen LogP contribution in [0.5, 0.6) is 0 Å². The summed E-state index contributed by atoms with van der Waals surface area (Å²) in [5.41, 5.74) is -0.617. The fourth-order valence-electron chi connectivity index (χ4n) is 1.49. The number of hydrogen-bond acceptors (Lipinski definition) is 3. The number of rotatable bonds is 4. The van der Waals surface area contributed by atoms with E-state index >= 15 is 0 Å². The molecule has 1 aromatic carbocycles. The van der Waals surface area contributed by atoms with E-state index in [2.05, 4.69) is 0 Å². The van der Waals surface area contributed by atoms with Crippen molar-refractivity contribution < 1.29 is 33.0 Å². The number of benzene rings is 1. The lowest BCUT2D eigenvalue weighted by Crippen LogP contribution is -2.25. The van der Waals surface area contributed by atoms with Crippen molar-refractivity contribution in [2.45, 2.75) is 12.7 Å². The largest absolute Gasteiger partial charge is 0.502 e. The van der Waals surface area contributed by atoms with Crippen molar-refractivity contribution in [3.05, 3.63) is 47.2 Å². The van der Waals surface area contributed by atoms with Crippen LogP contribution in [0.15, 0.2) is 36.1 Å². The molecule has 0 aliphatic rings. The Hall–Kier alpha value is -2.51. The number of amides is 1. The highest BCUT2D eigenvalue weighted by Crippen LogP contribution is 2.29. The Balaban J connectivity index is 2.84. The van der Waals surface area contributed by atoms with Crippen LogP contribution in [0.1, 0.15) is 11.1 Å². The number of carbonyl (C=O) groups is 2. The first kappa shape index (κ1) is 16.5. The summed E-state index contributed by atoms with van der Waals surface area (Å²) in [7, 11) is 1.27. The summed E-state index contributed by atoms with van der Waals surface area (Å²) in [5, 5.41) is 17.3. The lowest BCUT2D eigenvalue weighted by atomic mass is 10.1. The van der Waals surface area contributed by atoms with E-state index in [1.54, 1.807) is 0 Å². The molecule has 0 atom stereocenters. The summed E-state index contributed by atoms with van der Waals surface area (Å²) in [6.07, 6.45) is -4.00. The number of alkyl halides is 3. The third-order valence-corrected chi connectivity index (χ3v) is 2.53. The number of likely N-dealkylation sites (N-methyl/N-ethyl adjacent to an activating group) is 1. The maximum absolute atomic E-state index is 12.5. The van der Waals surface area contributed by atoms with Crippen LogP contribution >= 0.6 is 0 Å². The van der Waals surface area contributed by atoms with Crippen LogP contribution in [0.2, 0.25) is 0 Å². The van der Waals surface area contributed by atoms with Gasteiger partial charge in [0.15, 0.2) is 0 Å². The summed E-state index contributed by atoms with van der Waals surface area (Å²) in [4.78, 5) is 22.9. The Kier molecular flexibility index (Phi) is 4.96. The van der Waals surface area contributed by atoms with Crippen LogP contribution in [0, 0.1) is 0 Å². The average Bonchev–Trinajstić information content (AvgIpc) is 2.37. The molecule has 8 heteroatoms. The minimum absolute atomic E-state index is 0.161. The Bertz CT molecular complexity index is 581. The number of nitrogens with zero attached hydrogens (tertiary/aromatic N) is 1. The monoisotopic (exact) mass is 303 g/mol. The average molecular weight is 303 g/mol. The zero-order chi connectivity index (χ0) is 16.2. The lowest BCUT2D eigenvalue weighted by Gasteiger charge is -2.16. The molecule has 0 radical (unpaired) electrons. The van der Waals surface area contributed by atoms with Gasteiger partial charge in [0.05, 0.1) is 11.6 Å². The highest BCUT2D eigenvalue weighted by molar-refractivity contribution is 5.95. The van der Waals surface area contributed by atoms with Gasteiger partial charge in [-0.25, -0.2) is 4.79 Å². The quantitative estimate of drug-likeness (QED) is 0.660. The first-order valence-electron chi connectivity index (χ1n) is 5.66. The molecule has 1 aromatic rings. The smallest absolute Gasteiger partial charge is 0.416 e. The van der Waals surface area contributed by atoms with Gasteiger partial charge in [-0.05, 0) is 17.7 Å².